The van der Waals surface area contributed by atoms with E-state index < -0.39 is 15.6 Å². The van der Waals surface area contributed by atoms with Gasteiger partial charge in [-0.05, 0) is 38.0 Å². The monoisotopic (exact) mass is 382 g/mol. The molecule has 9 heteroatoms. The van der Waals surface area contributed by atoms with Gasteiger partial charge < -0.3 is 14.6 Å². The first-order valence-corrected chi connectivity index (χ1v) is 10.6. The number of nitrogens with one attached hydrogen (secondary N) is 1. The van der Waals surface area contributed by atoms with E-state index in [9.17, 15) is 13.2 Å². The lowest BCUT2D eigenvalue weighted by Crippen LogP contribution is -2.63. The average Bonchev–Trinajstić information content (AvgIpc) is 3.19. The molecule has 1 N–H and O–H groups in total. The molecule has 3 aliphatic rings. The van der Waals surface area contributed by atoms with Crippen molar-refractivity contribution >= 4 is 15.9 Å². The van der Waals surface area contributed by atoms with Crippen LogP contribution in [-0.2, 0) is 26.6 Å². The van der Waals surface area contributed by atoms with Crippen molar-refractivity contribution in [2.24, 2.45) is 18.9 Å². The van der Waals surface area contributed by atoms with E-state index in [1.54, 1.807) is 18.5 Å². The lowest BCUT2D eigenvalue weighted by molar-refractivity contribution is -0.122. The smallest absolute Gasteiger partial charge is 0.262 e. The van der Waals surface area contributed by atoms with Gasteiger partial charge in [0.2, 0.25) is 5.91 Å². The van der Waals surface area contributed by atoms with E-state index >= 15 is 0 Å². The molecule has 1 unspecified atom stereocenters. The molecule has 1 spiro atoms. The summed E-state index contributed by atoms with van der Waals surface area (Å²) < 4.78 is 34.4. The SMILES string of the molecule is Cc1nc(S(=O)(=O)N2CC3(CC(CC(=O)NCC4CC4)CO3)C2)cn1C. The standard InChI is InChI=1S/C17H26N4O4S/c1-12-19-16(8-20(12)2)26(23,24)21-10-17(11-21)6-14(9-25-17)5-15(22)18-7-13-3-4-13/h8,13-14H,3-7,9-11H2,1-2H3,(H,18,22). The average molecular weight is 382 g/mol. The van der Waals surface area contributed by atoms with Crippen LogP contribution in [0.3, 0.4) is 0 Å². The molecular weight excluding hydrogens is 356 g/mol. The Morgan fingerprint density at radius 3 is 2.73 bits per heavy atom. The van der Waals surface area contributed by atoms with Gasteiger partial charge in [-0.1, -0.05) is 0 Å². The molecule has 3 heterocycles. The number of sulfonamides is 1. The van der Waals surface area contributed by atoms with Crippen molar-refractivity contribution in [2.75, 3.05) is 26.2 Å². The summed E-state index contributed by atoms with van der Waals surface area (Å²) in [6.45, 7) is 3.76. The molecule has 0 bridgehead atoms. The maximum Gasteiger partial charge on any atom is 0.262 e. The first kappa shape index (κ1) is 17.9. The highest BCUT2D eigenvalue weighted by molar-refractivity contribution is 7.89. The molecule has 1 aromatic rings. The molecule has 1 atom stereocenters. The molecule has 2 saturated heterocycles. The van der Waals surface area contributed by atoms with E-state index in [1.165, 1.54) is 23.3 Å². The summed E-state index contributed by atoms with van der Waals surface area (Å²) in [5.74, 6) is 1.57. The van der Waals surface area contributed by atoms with E-state index in [-0.39, 0.29) is 16.9 Å². The van der Waals surface area contributed by atoms with E-state index in [0.29, 0.717) is 37.9 Å². The van der Waals surface area contributed by atoms with Crippen LogP contribution in [0.2, 0.25) is 0 Å². The summed E-state index contributed by atoms with van der Waals surface area (Å²) in [7, 11) is -1.80. The van der Waals surface area contributed by atoms with Crippen molar-refractivity contribution in [3.63, 3.8) is 0 Å². The number of aryl methyl sites for hydroxylation is 2. The fourth-order valence-corrected chi connectivity index (χ4v) is 5.37. The Hall–Kier alpha value is -1.45. The van der Waals surface area contributed by atoms with Crippen LogP contribution in [0, 0.1) is 18.8 Å². The van der Waals surface area contributed by atoms with E-state index in [2.05, 4.69) is 10.3 Å². The van der Waals surface area contributed by atoms with Gasteiger partial charge in [0.05, 0.1) is 12.2 Å². The lowest BCUT2D eigenvalue weighted by atomic mass is 9.87. The molecule has 1 aliphatic carbocycles. The van der Waals surface area contributed by atoms with Gasteiger partial charge >= 0.3 is 0 Å². The minimum absolute atomic E-state index is 0.0790. The van der Waals surface area contributed by atoms with Crippen molar-refractivity contribution in [1.29, 1.82) is 0 Å². The summed E-state index contributed by atoms with van der Waals surface area (Å²) in [5.41, 5.74) is -0.432. The Bertz CT molecular complexity index is 789. The Kier molecular flexibility index (Phi) is 4.36. The summed E-state index contributed by atoms with van der Waals surface area (Å²) in [4.78, 5) is 16.1. The third-order valence-corrected chi connectivity index (χ3v) is 7.33. The van der Waals surface area contributed by atoms with Gasteiger partial charge in [0, 0.05) is 39.3 Å². The largest absolute Gasteiger partial charge is 0.372 e. The van der Waals surface area contributed by atoms with E-state index in [1.807, 2.05) is 0 Å². The van der Waals surface area contributed by atoms with Crippen molar-refractivity contribution < 1.29 is 17.9 Å². The number of nitrogens with zero attached hydrogens (tertiary/aromatic N) is 3. The minimum Gasteiger partial charge on any atom is -0.372 e. The number of hydrogen-bond donors (Lipinski definition) is 1. The maximum atomic E-state index is 12.7. The molecule has 1 amide bonds. The molecule has 1 aromatic heterocycles. The molecule has 144 valence electrons. The van der Waals surface area contributed by atoms with Crippen molar-refractivity contribution in [3.05, 3.63) is 12.0 Å². The summed E-state index contributed by atoms with van der Waals surface area (Å²) in [5, 5.41) is 3.07. The number of amides is 1. The van der Waals surface area contributed by atoms with Crippen LogP contribution in [0.1, 0.15) is 31.5 Å². The van der Waals surface area contributed by atoms with Gasteiger partial charge in [0.1, 0.15) is 5.82 Å². The van der Waals surface area contributed by atoms with E-state index in [0.717, 1.165) is 13.0 Å². The predicted octanol–water partition coefficient (Wildman–Crippen LogP) is 0.424. The van der Waals surface area contributed by atoms with Gasteiger partial charge in [-0.25, -0.2) is 13.4 Å². The number of carbonyl (C=O) groups excluding carboxylic acids is 1. The molecule has 3 fully saturated rings. The highest BCUT2D eigenvalue weighted by atomic mass is 32.2. The van der Waals surface area contributed by atoms with Gasteiger partial charge in [-0.3, -0.25) is 4.79 Å². The summed E-state index contributed by atoms with van der Waals surface area (Å²) in [6, 6.07) is 0. The van der Waals surface area contributed by atoms with E-state index in [4.69, 9.17) is 4.74 Å². The first-order valence-electron chi connectivity index (χ1n) is 9.18. The third-order valence-electron chi connectivity index (χ3n) is 5.66. The fourth-order valence-electron chi connectivity index (χ4n) is 3.75. The molecule has 4 rings (SSSR count). The van der Waals surface area contributed by atoms with Gasteiger partial charge in [0.15, 0.2) is 5.03 Å². The Morgan fingerprint density at radius 2 is 2.12 bits per heavy atom. The van der Waals surface area contributed by atoms with Crippen LogP contribution >= 0.6 is 0 Å². The number of hydrogen-bond acceptors (Lipinski definition) is 5. The Morgan fingerprint density at radius 1 is 1.38 bits per heavy atom. The minimum atomic E-state index is -3.58. The lowest BCUT2D eigenvalue weighted by Gasteiger charge is -2.45. The summed E-state index contributed by atoms with van der Waals surface area (Å²) >= 11 is 0. The fraction of sp³-hybridized carbons (Fsp3) is 0.765. The third kappa shape index (κ3) is 3.39. The Labute approximate surface area is 154 Å². The number of ether oxygens (including phenoxy) is 1. The topological polar surface area (TPSA) is 93.5 Å². The molecule has 1 saturated carbocycles. The van der Waals surface area contributed by atoms with Gasteiger partial charge in [0.25, 0.3) is 10.0 Å². The summed E-state index contributed by atoms with van der Waals surface area (Å²) in [6.07, 6.45) is 5.17. The van der Waals surface area contributed by atoms with Crippen molar-refractivity contribution in [1.82, 2.24) is 19.2 Å². The van der Waals surface area contributed by atoms with Crippen LogP contribution in [0.5, 0.6) is 0 Å². The number of imidazole rings is 1. The van der Waals surface area contributed by atoms with Crippen LogP contribution in [0.15, 0.2) is 11.2 Å². The highest BCUT2D eigenvalue weighted by Gasteiger charge is 2.54. The van der Waals surface area contributed by atoms with Gasteiger partial charge in [-0.2, -0.15) is 4.31 Å². The van der Waals surface area contributed by atoms with Crippen LogP contribution < -0.4 is 5.32 Å². The second-order valence-electron chi connectivity index (χ2n) is 8.03. The van der Waals surface area contributed by atoms with Crippen molar-refractivity contribution in [2.45, 2.75) is 43.2 Å². The highest BCUT2D eigenvalue weighted by Crippen LogP contribution is 2.41. The first-order chi connectivity index (χ1) is 12.3. The quantitative estimate of drug-likeness (QED) is 0.770. The number of aromatic nitrogens is 2. The van der Waals surface area contributed by atoms with Crippen LogP contribution in [-0.4, -0.2) is 60.0 Å². The Balaban J connectivity index is 1.30. The number of carbonyl (C=O) groups is 1. The molecule has 8 nitrogen and oxygen atoms in total. The second kappa shape index (κ2) is 6.31. The zero-order valence-electron chi connectivity index (χ0n) is 15.3. The van der Waals surface area contributed by atoms with Gasteiger partial charge in [-0.15, -0.1) is 0 Å². The van der Waals surface area contributed by atoms with Crippen molar-refractivity contribution in [3.8, 4) is 0 Å². The maximum absolute atomic E-state index is 12.7. The van der Waals surface area contributed by atoms with Crippen LogP contribution in [0.25, 0.3) is 0 Å². The molecule has 26 heavy (non-hydrogen) atoms. The predicted molar refractivity (Wildman–Crippen MR) is 93.8 cm³/mol. The zero-order valence-corrected chi connectivity index (χ0v) is 16.1. The zero-order chi connectivity index (χ0) is 18.5. The van der Waals surface area contributed by atoms with Crippen LogP contribution in [0.4, 0.5) is 0 Å². The second-order valence-corrected chi connectivity index (χ2v) is 9.91. The molecule has 0 radical (unpaired) electrons. The normalized spacial score (nSPS) is 25.4. The molecule has 0 aromatic carbocycles. The molecular formula is C17H26N4O4S. The number of rotatable bonds is 6. The molecule has 2 aliphatic heterocycles.